The third-order valence-electron chi connectivity index (χ3n) is 3.69. The number of hydrogen-bond donors (Lipinski definition) is 1. The van der Waals surface area contributed by atoms with E-state index in [1.54, 1.807) is 0 Å². The second kappa shape index (κ2) is 6.53. The van der Waals surface area contributed by atoms with E-state index < -0.39 is 0 Å². The normalized spacial score (nSPS) is 22.5. The summed E-state index contributed by atoms with van der Waals surface area (Å²) in [4.78, 5) is 14.8. The number of likely N-dealkylation sites (N-methyl/N-ethyl adjacent to an activating group) is 1. The number of halogens is 1. The first kappa shape index (κ1) is 14.5. The Morgan fingerprint density at radius 2 is 2.21 bits per heavy atom. The average Bonchev–Trinajstić information content (AvgIpc) is 2.84. The van der Waals surface area contributed by atoms with Crippen molar-refractivity contribution in [1.29, 1.82) is 0 Å². The van der Waals surface area contributed by atoms with Gasteiger partial charge in [0.05, 0.1) is 6.04 Å². The maximum absolute atomic E-state index is 12.5. The molecule has 1 aromatic carbocycles. The van der Waals surface area contributed by atoms with Gasteiger partial charge in [-0.2, -0.15) is 0 Å². The van der Waals surface area contributed by atoms with Crippen LogP contribution < -0.4 is 5.32 Å². The van der Waals surface area contributed by atoms with Crippen LogP contribution in [0.5, 0.6) is 0 Å². The van der Waals surface area contributed by atoms with Crippen LogP contribution in [0.3, 0.4) is 0 Å². The van der Waals surface area contributed by atoms with Gasteiger partial charge >= 0.3 is 0 Å². The van der Waals surface area contributed by atoms with Gasteiger partial charge in [-0.3, -0.25) is 4.79 Å². The highest BCUT2D eigenvalue weighted by Gasteiger charge is 2.30. The van der Waals surface area contributed by atoms with Gasteiger partial charge in [-0.05, 0) is 31.4 Å². The number of carbonyl (C=O) groups is 1. The lowest BCUT2D eigenvalue weighted by molar-refractivity contribution is -0.133. The maximum atomic E-state index is 12.5. The molecule has 1 amide bonds. The fourth-order valence-electron chi connectivity index (χ4n) is 2.44. The number of aryl methyl sites for hydroxylation is 1. The van der Waals surface area contributed by atoms with Gasteiger partial charge in [-0.25, -0.2) is 0 Å². The van der Waals surface area contributed by atoms with Gasteiger partial charge in [0.25, 0.3) is 0 Å². The third-order valence-corrected chi connectivity index (χ3v) is 4.39. The van der Waals surface area contributed by atoms with Crippen LogP contribution >= 0.6 is 15.9 Å². The molecule has 1 saturated heterocycles. The van der Waals surface area contributed by atoms with Crippen molar-refractivity contribution < 1.29 is 4.79 Å². The molecular formula is C15H21BrN2O. The van der Waals surface area contributed by atoms with Crippen LogP contribution in [0.1, 0.15) is 24.5 Å². The second-order valence-corrected chi connectivity index (χ2v) is 6.37. The molecule has 0 saturated carbocycles. The Balaban J connectivity index is 2.04. The van der Waals surface area contributed by atoms with Crippen molar-refractivity contribution in [3.05, 3.63) is 35.4 Å². The molecule has 3 nitrogen and oxygen atoms in total. The Hall–Kier alpha value is -0.870. The molecule has 1 aliphatic rings. The average molecular weight is 325 g/mol. The fourth-order valence-corrected chi connectivity index (χ4v) is 3.00. The molecule has 0 aliphatic carbocycles. The standard InChI is InChI=1S/C15H21BrN2O/c1-3-18(10-12-7-5-4-6-11(12)2)15(19)14-8-13(16)9-17-14/h4-7,13-14,17H,3,8-10H2,1-2H3. The molecule has 1 heterocycles. The highest BCUT2D eigenvalue weighted by Crippen LogP contribution is 2.18. The molecule has 2 unspecified atom stereocenters. The van der Waals surface area contributed by atoms with Crippen molar-refractivity contribution in [2.45, 2.75) is 37.7 Å². The number of alkyl halides is 1. The van der Waals surface area contributed by atoms with Gasteiger partial charge in [0.1, 0.15) is 0 Å². The van der Waals surface area contributed by atoms with Crippen molar-refractivity contribution in [3.63, 3.8) is 0 Å². The molecule has 0 spiro atoms. The van der Waals surface area contributed by atoms with E-state index in [1.807, 2.05) is 24.0 Å². The predicted molar refractivity (Wildman–Crippen MR) is 81.4 cm³/mol. The number of rotatable bonds is 4. The first-order valence-electron chi connectivity index (χ1n) is 6.82. The predicted octanol–water partition coefficient (Wildman–Crippen LogP) is 2.47. The summed E-state index contributed by atoms with van der Waals surface area (Å²) in [6.45, 7) is 6.45. The first-order valence-corrected chi connectivity index (χ1v) is 7.74. The van der Waals surface area contributed by atoms with Gasteiger partial charge in [0.15, 0.2) is 0 Å². The molecule has 2 rings (SSSR count). The Bertz CT molecular complexity index is 450. The van der Waals surface area contributed by atoms with E-state index in [2.05, 4.69) is 40.3 Å². The van der Waals surface area contributed by atoms with Gasteiger partial charge < -0.3 is 10.2 Å². The SMILES string of the molecule is CCN(Cc1ccccc1C)C(=O)C1CC(Br)CN1. The molecule has 0 radical (unpaired) electrons. The van der Waals surface area contributed by atoms with E-state index >= 15 is 0 Å². The lowest BCUT2D eigenvalue weighted by Crippen LogP contribution is -2.43. The Morgan fingerprint density at radius 1 is 1.47 bits per heavy atom. The number of benzene rings is 1. The Morgan fingerprint density at radius 3 is 2.79 bits per heavy atom. The zero-order valence-electron chi connectivity index (χ0n) is 11.5. The van der Waals surface area contributed by atoms with E-state index in [0.717, 1.165) is 19.5 Å². The molecule has 1 aliphatic heterocycles. The summed E-state index contributed by atoms with van der Waals surface area (Å²) in [6, 6.07) is 8.22. The minimum Gasteiger partial charge on any atom is -0.337 e. The summed E-state index contributed by atoms with van der Waals surface area (Å²) in [5, 5.41) is 3.28. The quantitative estimate of drug-likeness (QED) is 0.863. The number of nitrogens with one attached hydrogen (secondary N) is 1. The van der Waals surface area contributed by atoms with Crippen molar-refractivity contribution in [1.82, 2.24) is 10.2 Å². The summed E-state index contributed by atoms with van der Waals surface area (Å²) < 4.78 is 0. The van der Waals surface area contributed by atoms with Crippen LogP contribution in [-0.2, 0) is 11.3 Å². The van der Waals surface area contributed by atoms with Crippen molar-refractivity contribution in [2.75, 3.05) is 13.1 Å². The molecule has 1 fully saturated rings. The van der Waals surface area contributed by atoms with Gasteiger partial charge in [-0.15, -0.1) is 0 Å². The fraction of sp³-hybridized carbons (Fsp3) is 0.533. The molecule has 0 bridgehead atoms. The minimum atomic E-state index is -0.0339. The topological polar surface area (TPSA) is 32.3 Å². The van der Waals surface area contributed by atoms with Crippen LogP contribution in [0.15, 0.2) is 24.3 Å². The number of hydrogen-bond acceptors (Lipinski definition) is 2. The van der Waals surface area contributed by atoms with E-state index in [9.17, 15) is 4.79 Å². The largest absolute Gasteiger partial charge is 0.337 e. The van der Waals surface area contributed by atoms with E-state index in [-0.39, 0.29) is 11.9 Å². The van der Waals surface area contributed by atoms with Crippen LogP contribution in [0.4, 0.5) is 0 Å². The minimum absolute atomic E-state index is 0.0339. The second-order valence-electron chi connectivity index (χ2n) is 5.07. The number of amides is 1. The molecule has 1 aromatic rings. The molecule has 104 valence electrons. The summed E-state index contributed by atoms with van der Waals surface area (Å²) in [7, 11) is 0. The highest BCUT2D eigenvalue weighted by molar-refractivity contribution is 9.09. The summed E-state index contributed by atoms with van der Waals surface area (Å²) in [5.74, 6) is 0.215. The van der Waals surface area contributed by atoms with Crippen LogP contribution in [0, 0.1) is 6.92 Å². The molecule has 2 atom stereocenters. The van der Waals surface area contributed by atoms with E-state index in [4.69, 9.17) is 0 Å². The number of carbonyl (C=O) groups excluding carboxylic acids is 1. The highest BCUT2D eigenvalue weighted by atomic mass is 79.9. The van der Waals surface area contributed by atoms with Gasteiger partial charge in [0.2, 0.25) is 5.91 Å². The summed E-state index contributed by atoms with van der Waals surface area (Å²) >= 11 is 3.56. The zero-order valence-corrected chi connectivity index (χ0v) is 13.1. The zero-order chi connectivity index (χ0) is 13.8. The molecular weight excluding hydrogens is 304 g/mol. The molecule has 19 heavy (non-hydrogen) atoms. The van der Waals surface area contributed by atoms with Gasteiger partial charge in [-0.1, -0.05) is 40.2 Å². The number of nitrogens with zero attached hydrogens (tertiary/aromatic N) is 1. The Labute approximate surface area is 123 Å². The summed E-state index contributed by atoms with van der Waals surface area (Å²) in [5.41, 5.74) is 2.47. The lowest BCUT2D eigenvalue weighted by Gasteiger charge is -2.25. The van der Waals surface area contributed by atoms with Crippen LogP contribution in [0.2, 0.25) is 0 Å². The molecule has 1 N–H and O–H groups in total. The third kappa shape index (κ3) is 3.57. The summed E-state index contributed by atoms with van der Waals surface area (Å²) in [6.07, 6.45) is 0.878. The smallest absolute Gasteiger partial charge is 0.240 e. The van der Waals surface area contributed by atoms with E-state index in [1.165, 1.54) is 11.1 Å². The van der Waals surface area contributed by atoms with E-state index in [0.29, 0.717) is 11.4 Å². The molecule has 0 aromatic heterocycles. The van der Waals surface area contributed by atoms with Crippen LogP contribution in [-0.4, -0.2) is 34.8 Å². The lowest BCUT2D eigenvalue weighted by atomic mass is 10.1. The van der Waals surface area contributed by atoms with Crippen molar-refractivity contribution in [2.24, 2.45) is 0 Å². The molecule has 4 heteroatoms. The van der Waals surface area contributed by atoms with Gasteiger partial charge in [0, 0.05) is 24.5 Å². The maximum Gasteiger partial charge on any atom is 0.240 e. The van der Waals surface area contributed by atoms with Crippen LogP contribution in [0.25, 0.3) is 0 Å². The van der Waals surface area contributed by atoms with Crippen molar-refractivity contribution in [3.8, 4) is 0 Å². The first-order chi connectivity index (χ1) is 9.11. The Kier molecular flexibility index (Phi) is 4.99. The van der Waals surface area contributed by atoms with Crippen molar-refractivity contribution >= 4 is 21.8 Å². The monoisotopic (exact) mass is 324 g/mol.